The van der Waals surface area contributed by atoms with Gasteiger partial charge in [0.2, 0.25) is 0 Å². The lowest BCUT2D eigenvalue weighted by Gasteiger charge is -2.34. The highest BCUT2D eigenvalue weighted by Crippen LogP contribution is 2.49. The standard InChI is InChI=1S/C30H36ClN3O/c1-4-20-33(21-5-2)22-19-30(25-14-7-6-8-15-25)26-16-10-12-18-28(26)34(29(30)35)32(3)23-24-13-9-11-17-27(24)31/h6-18H,4-5,19-23H2,1-3H3. The van der Waals surface area contributed by atoms with Crippen LogP contribution in [0.5, 0.6) is 0 Å². The fourth-order valence-electron chi connectivity index (χ4n) is 5.39. The fraction of sp³-hybridized carbons (Fsp3) is 0.367. The molecule has 4 rings (SSSR count). The predicted octanol–water partition coefficient (Wildman–Crippen LogP) is 6.53. The van der Waals surface area contributed by atoms with E-state index in [1.54, 1.807) is 0 Å². The highest BCUT2D eigenvalue weighted by molar-refractivity contribution is 6.31. The molecule has 3 aromatic rings. The fourth-order valence-corrected chi connectivity index (χ4v) is 5.58. The van der Waals surface area contributed by atoms with Crippen LogP contribution in [0, 0.1) is 0 Å². The molecule has 0 spiro atoms. The van der Waals surface area contributed by atoms with Gasteiger partial charge < -0.3 is 4.90 Å². The summed E-state index contributed by atoms with van der Waals surface area (Å²) in [6.07, 6.45) is 2.95. The van der Waals surface area contributed by atoms with Crippen molar-refractivity contribution >= 4 is 23.2 Å². The van der Waals surface area contributed by atoms with E-state index in [1.807, 2.05) is 65.6 Å². The zero-order chi connectivity index (χ0) is 24.8. The van der Waals surface area contributed by atoms with Crippen LogP contribution in [0.2, 0.25) is 5.02 Å². The molecule has 0 radical (unpaired) electrons. The Morgan fingerprint density at radius 3 is 2.14 bits per heavy atom. The number of hydrogen-bond acceptors (Lipinski definition) is 3. The van der Waals surface area contributed by atoms with Crippen LogP contribution in [0.3, 0.4) is 0 Å². The van der Waals surface area contributed by atoms with E-state index >= 15 is 0 Å². The van der Waals surface area contributed by atoms with Crippen molar-refractivity contribution in [1.29, 1.82) is 0 Å². The Hall–Kier alpha value is -2.66. The Morgan fingerprint density at radius 1 is 0.829 bits per heavy atom. The molecule has 1 aliphatic rings. The molecule has 1 atom stereocenters. The third-order valence-electron chi connectivity index (χ3n) is 7.00. The molecule has 1 amide bonds. The van der Waals surface area contributed by atoms with Crippen LogP contribution >= 0.6 is 11.6 Å². The second kappa shape index (κ2) is 11.4. The monoisotopic (exact) mass is 489 g/mol. The van der Waals surface area contributed by atoms with Crippen LogP contribution < -0.4 is 5.01 Å². The molecule has 0 aliphatic carbocycles. The number of nitrogens with zero attached hydrogens (tertiary/aromatic N) is 3. The summed E-state index contributed by atoms with van der Waals surface area (Å²) >= 11 is 6.47. The molecule has 0 N–H and O–H groups in total. The molecule has 0 fully saturated rings. The first-order valence-corrected chi connectivity index (χ1v) is 13.1. The van der Waals surface area contributed by atoms with Gasteiger partial charge in [-0.05, 0) is 67.7 Å². The van der Waals surface area contributed by atoms with E-state index in [4.69, 9.17) is 11.6 Å². The van der Waals surface area contributed by atoms with Gasteiger partial charge in [0.1, 0.15) is 5.41 Å². The number of halogens is 1. The molecular formula is C30H36ClN3O. The summed E-state index contributed by atoms with van der Waals surface area (Å²) in [5.41, 5.74) is 3.35. The summed E-state index contributed by atoms with van der Waals surface area (Å²) in [7, 11) is 1.97. The van der Waals surface area contributed by atoms with Crippen molar-refractivity contribution in [2.24, 2.45) is 0 Å². The Balaban J connectivity index is 1.76. The minimum atomic E-state index is -0.730. The van der Waals surface area contributed by atoms with E-state index in [9.17, 15) is 4.79 Å². The van der Waals surface area contributed by atoms with Crippen molar-refractivity contribution < 1.29 is 4.79 Å². The van der Waals surface area contributed by atoms with Crippen LogP contribution in [0.15, 0.2) is 78.9 Å². The Morgan fingerprint density at radius 2 is 1.46 bits per heavy atom. The van der Waals surface area contributed by atoms with Crippen molar-refractivity contribution in [3.8, 4) is 0 Å². The summed E-state index contributed by atoms with van der Waals surface area (Å²) in [6, 6.07) is 26.4. The number of amides is 1. The minimum absolute atomic E-state index is 0.104. The zero-order valence-electron chi connectivity index (χ0n) is 21.1. The zero-order valence-corrected chi connectivity index (χ0v) is 21.8. The maximum atomic E-state index is 14.6. The number of para-hydroxylation sites is 1. The van der Waals surface area contributed by atoms with Gasteiger partial charge in [-0.1, -0.05) is 92.2 Å². The lowest BCUT2D eigenvalue weighted by Crippen LogP contribution is -2.49. The first-order valence-electron chi connectivity index (χ1n) is 12.7. The molecule has 3 aromatic carbocycles. The van der Waals surface area contributed by atoms with E-state index in [0.717, 1.165) is 61.3 Å². The number of carbonyl (C=O) groups excluding carboxylic acids is 1. The van der Waals surface area contributed by atoms with Gasteiger partial charge >= 0.3 is 0 Å². The number of rotatable bonds is 11. The summed E-state index contributed by atoms with van der Waals surface area (Å²) < 4.78 is 0. The van der Waals surface area contributed by atoms with E-state index in [2.05, 4.69) is 49.1 Å². The Bertz CT molecular complexity index is 1130. The topological polar surface area (TPSA) is 26.8 Å². The third-order valence-corrected chi connectivity index (χ3v) is 7.37. The van der Waals surface area contributed by atoms with Gasteiger partial charge in [0.15, 0.2) is 0 Å². The molecule has 35 heavy (non-hydrogen) atoms. The number of benzene rings is 3. The highest BCUT2D eigenvalue weighted by Gasteiger charge is 2.53. The van der Waals surface area contributed by atoms with Crippen LogP contribution in [0.4, 0.5) is 5.69 Å². The average molecular weight is 490 g/mol. The van der Waals surface area contributed by atoms with Crippen molar-refractivity contribution in [1.82, 2.24) is 9.91 Å². The Kier molecular flexibility index (Phi) is 8.27. The van der Waals surface area contributed by atoms with Crippen LogP contribution in [-0.4, -0.2) is 42.5 Å². The SMILES string of the molecule is CCCN(CCC)CCC1(c2ccccc2)C(=O)N(N(C)Cc2ccccc2Cl)c2ccccc21. The first kappa shape index (κ1) is 25.4. The molecule has 184 valence electrons. The number of hydrogen-bond donors (Lipinski definition) is 0. The molecule has 1 heterocycles. The largest absolute Gasteiger partial charge is 0.303 e. The smallest absolute Gasteiger partial charge is 0.256 e. The highest BCUT2D eigenvalue weighted by atomic mass is 35.5. The predicted molar refractivity (Wildman–Crippen MR) is 146 cm³/mol. The molecule has 1 aliphatic heterocycles. The second-order valence-electron chi connectivity index (χ2n) is 9.40. The maximum Gasteiger partial charge on any atom is 0.256 e. The number of fused-ring (bicyclic) bond motifs is 1. The van der Waals surface area contributed by atoms with Gasteiger partial charge in [-0.15, -0.1) is 0 Å². The summed E-state index contributed by atoms with van der Waals surface area (Å²) in [4.78, 5) is 17.1. The van der Waals surface area contributed by atoms with Gasteiger partial charge in [-0.3, -0.25) is 4.79 Å². The molecule has 0 bridgehead atoms. The lowest BCUT2D eigenvalue weighted by molar-refractivity contribution is -0.125. The number of anilines is 1. The molecule has 1 unspecified atom stereocenters. The quantitative estimate of drug-likeness (QED) is 0.306. The summed E-state index contributed by atoms with van der Waals surface area (Å²) in [6.45, 7) is 7.95. The molecule has 0 saturated carbocycles. The summed E-state index contributed by atoms with van der Waals surface area (Å²) in [5, 5.41) is 4.59. The second-order valence-corrected chi connectivity index (χ2v) is 9.81. The lowest BCUT2D eigenvalue weighted by atomic mass is 9.72. The van der Waals surface area contributed by atoms with Gasteiger partial charge in [0.05, 0.1) is 5.69 Å². The minimum Gasteiger partial charge on any atom is -0.303 e. The molecule has 0 saturated heterocycles. The van der Waals surface area contributed by atoms with Crippen molar-refractivity contribution in [3.63, 3.8) is 0 Å². The van der Waals surface area contributed by atoms with Crippen LogP contribution in [0.1, 0.15) is 49.8 Å². The van der Waals surface area contributed by atoms with E-state index in [0.29, 0.717) is 11.6 Å². The van der Waals surface area contributed by atoms with Crippen molar-refractivity contribution in [3.05, 3.63) is 101 Å². The van der Waals surface area contributed by atoms with Gasteiger partial charge in [0.25, 0.3) is 5.91 Å². The van der Waals surface area contributed by atoms with Gasteiger partial charge in [-0.25, -0.2) is 10.0 Å². The van der Waals surface area contributed by atoms with E-state index < -0.39 is 5.41 Å². The van der Waals surface area contributed by atoms with Crippen LogP contribution in [-0.2, 0) is 16.8 Å². The molecular weight excluding hydrogens is 454 g/mol. The van der Waals surface area contributed by atoms with E-state index in [-0.39, 0.29) is 5.91 Å². The Labute approximate surface area is 215 Å². The molecule has 4 nitrogen and oxygen atoms in total. The number of carbonyl (C=O) groups is 1. The summed E-state index contributed by atoms with van der Waals surface area (Å²) in [5.74, 6) is 0.104. The van der Waals surface area contributed by atoms with E-state index in [1.165, 1.54) is 0 Å². The van der Waals surface area contributed by atoms with Gasteiger partial charge in [-0.2, -0.15) is 0 Å². The van der Waals surface area contributed by atoms with Crippen LogP contribution in [0.25, 0.3) is 0 Å². The van der Waals surface area contributed by atoms with Crippen molar-refractivity contribution in [2.45, 2.75) is 45.1 Å². The maximum absolute atomic E-state index is 14.6. The average Bonchev–Trinajstić information content (AvgIpc) is 3.13. The third kappa shape index (κ3) is 5.02. The number of hydrazine groups is 1. The normalized spacial score (nSPS) is 17.4. The first-order chi connectivity index (χ1) is 17.0. The van der Waals surface area contributed by atoms with Crippen molar-refractivity contribution in [2.75, 3.05) is 31.7 Å². The van der Waals surface area contributed by atoms with Gasteiger partial charge in [0, 0.05) is 18.6 Å². The molecule has 5 heteroatoms. The molecule has 0 aromatic heterocycles.